The lowest BCUT2D eigenvalue weighted by Gasteiger charge is -2.00. The average molecular weight is 100 g/mol. The van der Waals surface area contributed by atoms with E-state index in [4.69, 9.17) is 4.74 Å². The third-order valence-corrected chi connectivity index (χ3v) is 0.878. The summed E-state index contributed by atoms with van der Waals surface area (Å²) in [6.07, 6.45) is 1.81. The van der Waals surface area contributed by atoms with E-state index in [2.05, 4.69) is 10.3 Å². The summed E-state index contributed by atoms with van der Waals surface area (Å²) in [5.41, 5.74) is 0. The van der Waals surface area contributed by atoms with Gasteiger partial charge in [0.15, 0.2) is 0 Å². The largest absolute Gasteiger partial charge is 0.361 e. The number of aliphatic imine (C=N–C) groups is 1. The van der Waals surface area contributed by atoms with E-state index in [1.807, 2.05) is 0 Å². The highest BCUT2D eigenvalue weighted by molar-refractivity contribution is 5.64. The minimum absolute atomic E-state index is 0.0556. The molecule has 0 aromatic carbocycles. The minimum atomic E-state index is 0.0556. The molecule has 1 aliphatic heterocycles. The van der Waals surface area contributed by atoms with Gasteiger partial charge in [0, 0.05) is 13.3 Å². The van der Waals surface area contributed by atoms with Gasteiger partial charge in [-0.2, -0.15) is 0 Å². The molecule has 1 heterocycles. The monoisotopic (exact) mass is 100 g/mol. The van der Waals surface area contributed by atoms with E-state index in [1.54, 1.807) is 13.3 Å². The Morgan fingerprint density at radius 3 is 3.14 bits per heavy atom. The van der Waals surface area contributed by atoms with Gasteiger partial charge in [0.2, 0.25) is 0 Å². The molecule has 0 bridgehead atoms. The zero-order valence-electron chi connectivity index (χ0n) is 4.22. The Morgan fingerprint density at radius 2 is 2.86 bits per heavy atom. The van der Waals surface area contributed by atoms with Crippen molar-refractivity contribution >= 4 is 6.21 Å². The Kier molecular flexibility index (Phi) is 1.38. The Hall–Kier alpha value is -0.410. The molecule has 1 aliphatic rings. The van der Waals surface area contributed by atoms with Crippen LogP contribution >= 0.6 is 0 Å². The molecule has 0 saturated heterocycles. The van der Waals surface area contributed by atoms with Crippen molar-refractivity contribution in [2.24, 2.45) is 4.99 Å². The first-order valence-corrected chi connectivity index (χ1v) is 2.19. The molecular weight excluding hydrogens is 92.1 g/mol. The topological polar surface area (TPSA) is 33.6 Å². The van der Waals surface area contributed by atoms with Gasteiger partial charge in [0.25, 0.3) is 0 Å². The summed E-state index contributed by atoms with van der Waals surface area (Å²) >= 11 is 0. The summed E-state index contributed by atoms with van der Waals surface area (Å²) in [7, 11) is 1.65. The lowest BCUT2D eigenvalue weighted by atomic mass is 10.7. The molecule has 7 heavy (non-hydrogen) atoms. The molecule has 3 heteroatoms. The van der Waals surface area contributed by atoms with E-state index < -0.39 is 0 Å². The Bertz CT molecular complexity index is 81.8. The van der Waals surface area contributed by atoms with Gasteiger partial charge < -0.3 is 4.74 Å². The summed E-state index contributed by atoms with van der Waals surface area (Å²) in [5, 5.41) is 2.96. The summed E-state index contributed by atoms with van der Waals surface area (Å²) in [5.74, 6) is 0. The minimum Gasteiger partial charge on any atom is -0.361 e. The van der Waals surface area contributed by atoms with Gasteiger partial charge in [-0.15, -0.1) is 0 Å². The highest BCUT2D eigenvalue weighted by Gasteiger charge is 2.04. The van der Waals surface area contributed by atoms with Gasteiger partial charge >= 0.3 is 0 Å². The van der Waals surface area contributed by atoms with Crippen LogP contribution in [0.2, 0.25) is 0 Å². The fourth-order valence-electron chi connectivity index (χ4n) is 0.488. The molecule has 0 amide bonds. The SMILES string of the molecule is COC1C=NCN1. The van der Waals surface area contributed by atoms with Crippen LogP contribution in [0.5, 0.6) is 0 Å². The number of hydrogen-bond donors (Lipinski definition) is 1. The van der Waals surface area contributed by atoms with E-state index in [0.717, 1.165) is 0 Å². The van der Waals surface area contributed by atoms with Crippen LogP contribution in [0, 0.1) is 0 Å². The molecular formula is C4H8N2O. The fraction of sp³-hybridized carbons (Fsp3) is 0.750. The van der Waals surface area contributed by atoms with E-state index in [9.17, 15) is 0 Å². The zero-order valence-corrected chi connectivity index (χ0v) is 4.22. The number of rotatable bonds is 1. The van der Waals surface area contributed by atoms with E-state index in [-0.39, 0.29) is 6.23 Å². The quantitative estimate of drug-likeness (QED) is 0.486. The number of nitrogens with one attached hydrogen (secondary N) is 1. The van der Waals surface area contributed by atoms with Crippen molar-refractivity contribution in [3.63, 3.8) is 0 Å². The van der Waals surface area contributed by atoms with Crippen LogP contribution in [0.15, 0.2) is 4.99 Å². The number of nitrogens with zero attached hydrogens (tertiary/aromatic N) is 1. The second-order valence-electron chi connectivity index (χ2n) is 1.35. The van der Waals surface area contributed by atoms with Crippen molar-refractivity contribution in [3.8, 4) is 0 Å². The second-order valence-corrected chi connectivity index (χ2v) is 1.35. The Morgan fingerprint density at radius 1 is 2.00 bits per heavy atom. The molecule has 0 aromatic rings. The van der Waals surface area contributed by atoms with Crippen molar-refractivity contribution < 1.29 is 4.74 Å². The predicted octanol–water partition coefficient (Wildman–Crippen LogP) is -0.410. The molecule has 0 spiro atoms. The van der Waals surface area contributed by atoms with Gasteiger partial charge in [0.05, 0.1) is 6.67 Å². The van der Waals surface area contributed by atoms with Crippen LogP contribution in [0.25, 0.3) is 0 Å². The molecule has 3 nitrogen and oxygen atoms in total. The first-order chi connectivity index (χ1) is 3.43. The molecule has 1 atom stereocenters. The van der Waals surface area contributed by atoms with Crippen LogP contribution in [-0.2, 0) is 4.74 Å². The molecule has 0 fully saturated rings. The summed E-state index contributed by atoms with van der Waals surface area (Å²) < 4.78 is 4.85. The number of ether oxygens (including phenoxy) is 1. The van der Waals surface area contributed by atoms with E-state index in [1.165, 1.54) is 0 Å². The number of hydrogen-bond acceptors (Lipinski definition) is 3. The summed E-state index contributed by atoms with van der Waals surface area (Å²) in [4.78, 5) is 3.87. The normalized spacial score (nSPS) is 29.0. The van der Waals surface area contributed by atoms with Crippen LogP contribution in [0.3, 0.4) is 0 Å². The highest BCUT2D eigenvalue weighted by atomic mass is 16.5. The molecule has 1 rings (SSSR count). The van der Waals surface area contributed by atoms with Crippen LogP contribution in [0.1, 0.15) is 0 Å². The third kappa shape index (κ3) is 0.976. The summed E-state index contributed by atoms with van der Waals surface area (Å²) in [6, 6.07) is 0. The maximum absolute atomic E-state index is 4.85. The van der Waals surface area contributed by atoms with Gasteiger partial charge in [-0.1, -0.05) is 0 Å². The first kappa shape index (κ1) is 4.74. The van der Waals surface area contributed by atoms with Gasteiger partial charge in [-0.05, 0) is 0 Å². The van der Waals surface area contributed by atoms with E-state index >= 15 is 0 Å². The Labute approximate surface area is 42.4 Å². The lowest BCUT2D eigenvalue weighted by Crippen LogP contribution is -2.25. The van der Waals surface area contributed by atoms with Crippen molar-refractivity contribution in [3.05, 3.63) is 0 Å². The zero-order chi connectivity index (χ0) is 5.11. The maximum Gasteiger partial charge on any atom is 0.145 e. The Balaban J connectivity index is 2.28. The smallest absolute Gasteiger partial charge is 0.145 e. The molecule has 0 aromatic heterocycles. The van der Waals surface area contributed by atoms with Gasteiger partial charge in [-0.3, -0.25) is 10.3 Å². The van der Waals surface area contributed by atoms with Crippen molar-refractivity contribution in [2.75, 3.05) is 13.8 Å². The molecule has 40 valence electrons. The molecule has 1 N–H and O–H groups in total. The van der Waals surface area contributed by atoms with Gasteiger partial charge in [0.1, 0.15) is 6.23 Å². The van der Waals surface area contributed by atoms with E-state index in [0.29, 0.717) is 6.67 Å². The highest BCUT2D eigenvalue weighted by Crippen LogP contribution is 1.85. The molecule has 0 aliphatic carbocycles. The summed E-state index contributed by atoms with van der Waals surface area (Å²) in [6.45, 7) is 0.693. The number of methoxy groups -OCH3 is 1. The molecule has 0 radical (unpaired) electrons. The second kappa shape index (κ2) is 2.04. The predicted molar refractivity (Wildman–Crippen MR) is 27.3 cm³/mol. The van der Waals surface area contributed by atoms with Crippen molar-refractivity contribution in [2.45, 2.75) is 6.23 Å². The van der Waals surface area contributed by atoms with Crippen LogP contribution in [0.4, 0.5) is 0 Å². The third-order valence-electron chi connectivity index (χ3n) is 0.878. The average Bonchev–Trinajstić information content (AvgIpc) is 2.14. The lowest BCUT2D eigenvalue weighted by molar-refractivity contribution is 0.140. The van der Waals surface area contributed by atoms with Crippen LogP contribution < -0.4 is 5.32 Å². The molecule has 1 unspecified atom stereocenters. The van der Waals surface area contributed by atoms with Crippen LogP contribution in [-0.4, -0.2) is 26.2 Å². The van der Waals surface area contributed by atoms with Crippen molar-refractivity contribution in [1.29, 1.82) is 0 Å². The first-order valence-electron chi connectivity index (χ1n) is 2.19. The van der Waals surface area contributed by atoms with Crippen molar-refractivity contribution in [1.82, 2.24) is 5.32 Å². The fourth-order valence-corrected chi connectivity index (χ4v) is 0.488. The maximum atomic E-state index is 4.85. The standard InChI is InChI=1S/C4H8N2O/c1-7-4-2-5-3-6-4/h2,4,6H,3H2,1H3. The molecule has 0 saturated carbocycles. The van der Waals surface area contributed by atoms with Gasteiger partial charge in [-0.25, -0.2) is 0 Å².